The number of para-hydroxylation sites is 1. The first-order valence-corrected chi connectivity index (χ1v) is 6.60. The Bertz CT molecular complexity index is 745. The molecule has 2 aromatic carbocycles. The van der Waals surface area contributed by atoms with E-state index in [1.165, 1.54) is 30.3 Å². The zero-order chi connectivity index (χ0) is 15.7. The predicted octanol–water partition coefficient (Wildman–Crippen LogP) is 4.43. The van der Waals surface area contributed by atoms with Gasteiger partial charge in [0, 0.05) is 11.2 Å². The number of halogens is 3. The Kier molecular flexibility index (Phi) is 3.44. The molecule has 3 aromatic rings. The largest absolute Gasteiger partial charge is 0.475 e. The molecule has 3 nitrogen and oxygen atoms in total. The lowest BCUT2D eigenvalue weighted by molar-refractivity contribution is -0.198. The number of hydrogen-bond donors (Lipinski definition) is 2. The lowest BCUT2D eigenvalue weighted by atomic mass is 10.2. The number of rotatable bonds is 3. The molecular weight excluding hydrogens is 293 g/mol. The average Bonchev–Trinajstić information content (AvgIpc) is 2.88. The molecule has 0 spiro atoms. The number of hydrogen-bond acceptors (Lipinski definition) is 2. The molecule has 0 saturated carbocycles. The van der Waals surface area contributed by atoms with Crippen LogP contribution in [0.2, 0.25) is 0 Å². The number of nitrogens with two attached hydrogens (primary N) is 1. The minimum Gasteiger partial charge on any atom is -0.475 e. The van der Waals surface area contributed by atoms with E-state index in [1.807, 2.05) is 0 Å². The number of ether oxygens (including phenoxy) is 1. The van der Waals surface area contributed by atoms with Crippen molar-refractivity contribution >= 4 is 16.6 Å². The van der Waals surface area contributed by atoms with Gasteiger partial charge in [0.15, 0.2) is 0 Å². The van der Waals surface area contributed by atoms with Crippen molar-refractivity contribution < 1.29 is 17.9 Å². The second kappa shape index (κ2) is 5.29. The van der Waals surface area contributed by atoms with Crippen LogP contribution in [0.25, 0.3) is 10.9 Å². The highest BCUT2D eigenvalue weighted by molar-refractivity contribution is 5.80. The van der Waals surface area contributed by atoms with E-state index >= 15 is 0 Å². The Morgan fingerprint density at radius 2 is 1.68 bits per heavy atom. The van der Waals surface area contributed by atoms with Crippen molar-refractivity contribution in [3.63, 3.8) is 0 Å². The molecule has 0 saturated heterocycles. The summed E-state index contributed by atoms with van der Waals surface area (Å²) in [5, 5.41) is 0.702. The second-order valence-electron chi connectivity index (χ2n) is 4.92. The van der Waals surface area contributed by atoms with Gasteiger partial charge in [0.1, 0.15) is 5.75 Å². The van der Waals surface area contributed by atoms with Crippen LogP contribution in [0.15, 0.2) is 54.6 Å². The molecule has 0 fully saturated rings. The third-order valence-electron chi connectivity index (χ3n) is 3.26. The summed E-state index contributed by atoms with van der Waals surface area (Å²) >= 11 is 0. The van der Waals surface area contributed by atoms with E-state index in [0.29, 0.717) is 16.6 Å². The van der Waals surface area contributed by atoms with Crippen LogP contribution in [0.3, 0.4) is 0 Å². The molecule has 1 aromatic heterocycles. The van der Waals surface area contributed by atoms with Crippen LogP contribution in [-0.4, -0.2) is 11.2 Å². The summed E-state index contributed by atoms with van der Waals surface area (Å²) in [6.45, 7) is 0. The quantitative estimate of drug-likeness (QED) is 0.703. The maximum atomic E-state index is 13.3. The van der Waals surface area contributed by atoms with Gasteiger partial charge in [-0.15, -0.1) is 0 Å². The first-order valence-electron chi connectivity index (χ1n) is 6.60. The van der Waals surface area contributed by atoms with Crippen molar-refractivity contribution in [2.75, 3.05) is 5.73 Å². The predicted molar refractivity (Wildman–Crippen MR) is 78.6 cm³/mol. The van der Waals surface area contributed by atoms with Crippen molar-refractivity contribution in [1.29, 1.82) is 0 Å². The molecule has 0 aliphatic rings. The van der Waals surface area contributed by atoms with E-state index in [0.717, 1.165) is 0 Å². The zero-order valence-corrected chi connectivity index (χ0v) is 11.4. The number of nitrogens with one attached hydrogen (secondary N) is 1. The molecule has 22 heavy (non-hydrogen) atoms. The van der Waals surface area contributed by atoms with E-state index < -0.39 is 12.3 Å². The lowest BCUT2D eigenvalue weighted by Gasteiger charge is -2.21. The minimum atomic E-state index is -4.54. The Hall–Kier alpha value is -2.63. The zero-order valence-electron chi connectivity index (χ0n) is 11.4. The highest BCUT2D eigenvalue weighted by Crippen LogP contribution is 2.37. The fraction of sp³-hybridized carbons (Fsp3) is 0.125. The lowest BCUT2D eigenvalue weighted by Crippen LogP contribution is -2.26. The molecule has 114 valence electrons. The summed E-state index contributed by atoms with van der Waals surface area (Å²) in [4.78, 5) is 2.76. The normalized spacial score (nSPS) is 13.2. The van der Waals surface area contributed by atoms with Gasteiger partial charge in [-0.3, -0.25) is 0 Å². The number of nitrogen functional groups attached to an aromatic ring is 1. The number of anilines is 1. The van der Waals surface area contributed by atoms with Crippen molar-refractivity contribution in [2.24, 2.45) is 0 Å². The van der Waals surface area contributed by atoms with Crippen LogP contribution in [0.4, 0.5) is 18.9 Å². The Morgan fingerprint density at radius 3 is 2.32 bits per heavy atom. The monoisotopic (exact) mass is 306 g/mol. The summed E-state index contributed by atoms with van der Waals surface area (Å²) in [6, 6.07) is 14.2. The molecule has 1 heterocycles. The van der Waals surface area contributed by atoms with Gasteiger partial charge >= 0.3 is 6.18 Å². The van der Waals surface area contributed by atoms with Crippen molar-refractivity contribution in [3.05, 3.63) is 60.3 Å². The van der Waals surface area contributed by atoms with Crippen molar-refractivity contribution in [1.82, 2.24) is 4.98 Å². The van der Waals surface area contributed by atoms with Crippen LogP contribution in [0, 0.1) is 0 Å². The molecule has 0 bridgehead atoms. The van der Waals surface area contributed by atoms with Gasteiger partial charge in [-0.2, -0.15) is 13.2 Å². The number of aromatic nitrogens is 1. The van der Waals surface area contributed by atoms with Gasteiger partial charge < -0.3 is 15.5 Å². The van der Waals surface area contributed by atoms with Crippen LogP contribution in [-0.2, 0) is 0 Å². The first kappa shape index (κ1) is 14.3. The number of alkyl halides is 3. The SMILES string of the molecule is Nc1ccc(OC(c2cc3ccccc3[nH]2)C(F)(F)F)cc1. The minimum absolute atomic E-state index is 0.0366. The van der Waals surface area contributed by atoms with Gasteiger partial charge in [0.05, 0.1) is 5.69 Å². The summed E-state index contributed by atoms with van der Waals surface area (Å²) in [6.07, 6.45) is -6.61. The van der Waals surface area contributed by atoms with Crippen LogP contribution in [0.1, 0.15) is 11.8 Å². The summed E-state index contributed by atoms with van der Waals surface area (Å²) in [7, 11) is 0. The molecule has 1 atom stereocenters. The third kappa shape index (κ3) is 2.86. The molecule has 0 amide bonds. The highest BCUT2D eigenvalue weighted by atomic mass is 19.4. The van der Waals surface area contributed by atoms with Gasteiger partial charge in [0.2, 0.25) is 6.10 Å². The van der Waals surface area contributed by atoms with E-state index in [2.05, 4.69) is 4.98 Å². The number of aromatic amines is 1. The van der Waals surface area contributed by atoms with E-state index in [-0.39, 0.29) is 11.4 Å². The Labute approximate surface area is 124 Å². The molecule has 0 radical (unpaired) electrons. The summed E-state index contributed by atoms with van der Waals surface area (Å²) in [5.41, 5.74) is 6.58. The van der Waals surface area contributed by atoms with E-state index in [1.54, 1.807) is 24.3 Å². The summed E-state index contributed by atoms with van der Waals surface area (Å²) < 4.78 is 45.1. The number of H-pyrrole nitrogens is 1. The Balaban J connectivity index is 1.97. The number of benzene rings is 2. The van der Waals surface area contributed by atoms with Gasteiger partial charge in [-0.1, -0.05) is 18.2 Å². The van der Waals surface area contributed by atoms with Gasteiger partial charge in [-0.05, 0) is 41.8 Å². The van der Waals surface area contributed by atoms with Crippen molar-refractivity contribution in [2.45, 2.75) is 12.3 Å². The van der Waals surface area contributed by atoms with Crippen LogP contribution < -0.4 is 10.5 Å². The molecule has 1 unspecified atom stereocenters. The molecule has 6 heteroatoms. The number of fused-ring (bicyclic) bond motifs is 1. The standard InChI is InChI=1S/C16H13F3N2O/c17-16(18,19)15(22-12-7-5-11(20)6-8-12)14-9-10-3-1-2-4-13(10)21-14/h1-9,15,21H,20H2. The highest BCUT2D eigenvalue weighted by Gasteiger charge is 2.44. The maximum absolute atomic E-state index is 13.3. The average molecular weight is 306 g/mol. The van der Waals surface area contributed by atoms with E-state index in [4.69, 9.17) is 10.5 Å². The first-order chi connectivity index (χ1) is 10.4. The molecule has 3 N–H and O–H groups in total. The van der Waals surface area contributed by atoms with Crippen LogP contribution in [0.5, 0.6) is 5.75 Å². The molecule has 0 aliphatic carbocycles. The van der Waals surface area contributed by atoms with Gasteiger partial charge in [-0.25, -0.2) is 0 Å². The molecule has 0 aliphatic heterocycles. The topological polar surface area (TPSA) is 51.0 Å². The third-order valence-corrected chi connectivity index (χ3v) is 3.26. The fourth-order valence-electron chi connectivity index (χ4n) is 2.23. The van der Waals surface area contributed by atoms with E-state index in [9.17, 15) is 13.2 Å². The second-order valence-corrected chi connectivity index (χ2v) is 4.92. The Morgan fingerprint density at radius 1 is 1.00 bits per heavy atom. The molecule has 3 rings (SSSR count). The maximum Gasteiger partial charge on any atom is 0.431 e. The molecular formula is C16H13F3N2O. The van der Waals surface area contributed by atoms with Crippen molar-refractivity contribution in [3.8, 4) is 5.75 Å². The van der Waals surface area contributed by atoms with Gasteiger partial charge in [0.25, 0.3) is 0 Å². The fourth-order valence-corrected chi connectivity index (χ4v) is 2.23. The summed E-state index contributed by atoms with van der Waals surface area (Å²) in [5.74, 6) is 0.107. The van der Waals surface area contributed by atoms with Crippen LogP contribution >= 0.6 is 0 Å². The smallest absolute Gasteiger partial charge is 0.431 e.